The number of nitrogens with zero attached hydrogens (tertiary/aromatic N) is 1. The van der Waals surface area contributed by atoms with Gasteiger partial charge in [-0.25, -0.2) is 0 Å². The minimum Gasteiger partial charge on any atom is -0.323 e. The molecular formula is C10H18N2O. The number of rotatable bonds is 3. The third-order valence-corrected chi connectivity index (χ3v) is 3.30. The SMILES string of the molecule is CCCC[C@@]12CCC(=O)N1CCN2. The standard InChI is InChI=1S/C10H18N2O/c1-2-3-5-10-6-4-9(13)12(10)8-7-11-10/h11H,2-8H2,1H3/t10-/m0/s1. The third kappa shape index (κ3) is 1.35. The highest BCUT2D eigenvalue weighted by Crippen LogP contribution is 2.34. The van der Waals surface area contributed by atoms with E-state index >= 15 is 0 Å². The molecule has 1 atom stereocenters. The summed E-state index contributed by atoms with van der Waals surface area (Å²) >= 11 is 0. The lowest BCUT2D eigenvalue weighted by molar-refractivity contribution is -0.130. The van der Waals surface area contributed by atoms with Crippen molar-refractivity contribution in [3.8, 4) is 0 Å². The number of carbonyl (C=O) groups excluding carboxylic acids is 1. The first-order chi connectivity index (χ1) is 6.28. The van der Waals surface area contributed by atoms with Crippen molar-refractivity contribution in [1.82, 2.24) is 10.2 Å². The van der Waals surface area contributed by atoms with Crippen molar-refractivity contribution in [1.29, 1.82) is 0 Å². The van der Waals surface area contributed by atoms with Gasteiger partial charge in [0.05, 0.1) is 5.66 Å². The molecule has 2 aliphatic rings. The maximum absolute atomic E-state index is 11.5. The summed E-state index contributed by atoms with van der Waals surface area (Å²) in [5.74, 6) is 0.348. The molecule has 74 valence electrons. The molecule has 0 aliphatic carbocycles. The molecule has 2 rings (SSSR count). The van der Waals surface area contributed by atoms with Crippen LogP contribution in [0.3, 0.4) is 0 Å². The molecule has 0 spiro atoms. The Morgan fingerprint density at radius 1 is 1.62 bits per heavy atom. The Bertz CT molecular complexity index is 217. The summed E-state index contributed by atoms with van der Waals surface area (Å²) in [5.41, 5.74) is 0.0626. The monoisotopic (exact) mass is 182 g/mol. The van der Waals surface area contributed by atoms with Crippen LogP contribution in [0.15, 0.2) is 0 Å². The normalized spacial score (nSPS) is 32.7. The Hall–Kier alpha value is -0.570. The molecular weight excluding hydrogens is 164 g/mol. The second-order valence-electron chi connectivity index (χ2n) is 4.11. The highest BCUT2D eigenvalue weighted by molar-refractivity contribution is 5.80. The summed E-state index contributed by atoms with van der Waals surface area (Å²) in [7, 11) is 0. The van der Waals surface area contributed by atoms with E-state index in [1.807, 2.05) is 0 Å². The fraction of sp³-hybridized carbons (Fsp3) is 0.900. The van der Waals surface area contributed by atoms with E-state index in [1.165, 1.54) is 12.8 Å². The summed E-state index contributed by atoms with van der Waals surface area (Å²) in [6, 6.07) is 0. The topological polar surface area (TPSA) is 32.3 Å². The zero-order valence-electron chi connectivity index (χ0n) is 8.31. The number of unbranched alkanes of at least 4 members (excludes halogenated alkanes) is 1. The largest absolute Gasteiger partial charge is 0.323 e. The van der Waals surface area contributed by atoms with Gasteiger partial charge < -0.3 is 4.90 Å². The first kappa shape index (κ1) is 9.00. The van der Waals surface area contributed by atoms with Crippen LogP contribution in [0.4, 0.5) is 0 Å². The summed E-state index contributed by atoms with van der Waals surface area (Å²) in [6.45, 7) is 4.10. The highest BCUT2D eigenvalue weighted by Gasteiger charge is 2.47. The Kier molecular flexibility index (Phi) is 2.28. The Morgan fingerprint density at radius 2 is 2.46 bits per heavy atom. The molecule has 2 aliphatic heterocycles. The third-order valence-electron chi connectivity index (χ3n) is 3.30. The van der Waals surface area contributed by atoms with Crippen LogP contribution in [0, 0.1) is 0 Å². The van der Waals surface area contributed by atoms with Crippen LogP contribution in [-0.4, -0.2) is 29.6 Å². The van der Waals surface area contributed by atoms with Gasteiger partial charge in [-0.05, 0) is 12.8 Å². The molecule has 2 fully saturated rings. The molecule has 3 heteroatoms. The van der Waals surface area contributed by atoms with Crippen molar-refractivity contribution in [2.45, 2.75) is 44.7 Å². The highest BCUT2D eigenvalue weighted by atomic mass is 16.2. The summed E-state index contributed by atoms with van der Waals surface area (Å²) in [4.78, 5) is 13.6. The van der Waals surface area contributed by atoms with E-state index in [4.69, 9.17) is 0 Å². The molecule has 2 heterocycles. The van der Waals surface area contributed by atoms with Gasteiger partial charge in [0, 0.05) is 19.5 Å². The van der Waals surface area contributed by atoms with Crippen molar-refractivity contribution in [3.05, 3.63) is 0 Å². The van der Waals surface area contributed by atoms with Crippen molar-refractivity contribution >= 4 is 5.91 Å². The molecule has 0 radical (unpaired) electrons. The van der Waals surface area contributed by atoms with Gasteiger partial charge in [-0.15, -0.1) is 0 Å². The Balaban J connectivity index is 2.06. The van der Waals surface area contributed by atoms with Crippen molar-refractivity contribution in [3.63, 3.8) is 0 Å². The molecule has 0 unspecified atom stereocenters. The molecule has 0 bridgehead atoms. The first-order valence-corrected chi connectivity index (χ1v) is 5.34. The molecule has 2 saturated heterocycles. The fourth-order valence-corrected chi connectivity index (χ4v) is 2.56. The second-order valence-corrected chi connectivity index (χ2v) is 4.11. The number of amides is 1. The van der Waals surface area contributed by atoms with Gasteiger partial charge in [-0.3, -0.25) is 10.1 Å². The van der Waals surface area contributed by atoms with Gasteiger partial charge in [0.25, 0.3) is 0 Å². The summed E-state index contributed by atoms with van der Waals surface area (Å²) in [5, 5.41) is 3.50. The molecule has 1 N–H and O–H groups in total. The average Bonchev–Trinajstić information content (AvgIpc) is 2.65. The van der Waals surface area contributed by atoms with Crippen molar-refractivity contribution < 1.29 is 4.79 Å². The predicted octanol–water partition coefficient (Wildman–Crippen LogP) is 1.10. The minimum absolute atomic E-state index is 0.0626. The van der Waals surface area contributed by atoms with E-state index in [0.717, 1.165) is 32.4 Å². The smallest absolute Gasteiger partial charge is 0.224 e. The minimum atomic E-state index is 0.0626. The molecule has 1 amide bonds. The first-order valence-electron chi connectivity index (χ1n) is 5.34. The van der Waals surface area contributed by atoms with Gasteiger partial charge in [0.1, 0.15) is 0 Å². The van der Waals surface area contributed by atoms with E-state index in [-0.39, 0.29) is 5.66 Å². The quantitative estimate of drug-likeness (QED) is 0.709. The van der Waals surface area contributed by atoms with Crippen LogP contribution < -0.4 is 5.32 Å². The molecule has 3 nitrogen and oxygen atoms in total. The Labute approximate surface area is 79.5 Å². The van der Waals surface area contributed by atoms with Gasteiger partial charge in [-0.1, -0.05) is 19.8 Å². The second kappa shape index (κ2) is 3.29. The van der Waals surface area contributed by atoms with Gasteiger partial charge in [-0.2, -0.15) is 0 Å². The van der Waals surface area contributed by atoms with Crippen molar-refractivity contribution in [2.24, 2.45) is 0 Å². The maximum Gasteiger partial charge on any atom is 0.224 e. The van der Waals surface area contributed by atoms with Crippen LogP contribution in [0.1, 0.15) is 39.0 Å². The van der Waals surface area contributed by atoms with Crippen LogP contribution in [0.25, 0.3) is 0 Å². The number of hydrogen-bond acceptors (Lipinski definition) is 2. The number of carbonyl (C=O) groups is 1. The van der Waals surface area contributed by atoms with Crippen LogP contribution in [0.5, 0.6) is 0 Å². The van der Waals surface area contributed by atoms with E-state index in [0.29, 0.717) is 5.91 Å². The molecule has 13 heavy (non-hydrogen) atoms. The molecule has 0 aromatic rings. The van der Waals surface area contributed by atoms with E-state index in [9.17, 15) is 4.79 Å². The van der Waals surface area contributed by atoms with E-state index in [2.05, 4.69) is 17.1 Å². The van der Waals surface area contributed by atoms with Crippen LogP contribution in [0.2, 0.25) is 0 Å². The Morgan fingerprint density at radius 3 is 3.23 bits per heavy atom. The number of nitrogens with one attached hydrogen (secondary N) is 1. The number of hydrogen-bond donors (Lipinski definition) is 1. The lowest BCUT2D eigenvalue weighted by Crippen LogP contribution is -2.48. The lowest BCUT2D eigenvalue weighted by atomic mass is 10.0. The van der Waals surface area contributed by atoms with Crippen molar-refractivity contribution in [2.75, 3.05) is 13.1 Å². The molecule has 0 saturated carbocycles. The van der Waals surface area contributed by atoms with E-state index < -0.39 is 0 Å². The molecule has 0 aromatic carbocycles. The van der Waals surface area contributed by atoms with Crippen LogP contribution in [-0.2, 0) is 4.79 Å². The summed E-state index contributed by atoms with van der Waals surface area (Å²) in [6.07, 6.45) is 5.33. The fourth-order valence-electron chi connectivity index (χ4n) is 2.56. The van der Waals surface area contributed by atoms with Gasteiger partial charge >= 0.3 is 0 Å². The van der Waals surface area contributed by atoms with Gasteiger partial charge in [0.15, 0.2) is 0 Å². The van der Waals surface area contributed by atoms with E-state index in [1.54, 1.807) is 0 Å². The maximum atomic E-state index is 11.5. The van der Waals surface area contributed by atoms with Crippen LogP contribution >= 0.6 is 0 Å². The summed E-state index contributed by atoms with van der Waals surface area (Å²) < 4.78 is 0. The van der Waals surface area contributed by atoms with Gasteiger partial charge in [0.2, 0.25) is 5.91 Å². The zero-order chi connectivity index (χ0) is 9.31. The lowest BCUT2D eigenvalue weighted by Gasteiger charge is -2.31. The number of fused-ring (bicyclic) bond motifs is 1. The average molecular weight is 182 g/mol. The zero-order valence-corrected chi connectivity index (χ0v) is 8.31. The molecule has 0 aromatic heterocycles. The predicted molar refractivity (Wildman–Crippen MR) is 51.2 cm³/mol.